The molecule has 2 aliphatic rings. The molecule has 1 aromatic carbocycles. The second kappa shape index (κ2) is 4.82. The third-order valence-electron chi connectivity index (χ3n) is 4.75. The largest absolute Gasteiger partial charge is 0.315 e. The molecule has 0 atom stereocenters. The van der Waals surface area contributed by atoms with Gasteiger partial charge in [0.15, 0.2) is 0 Å². The molecule has 3 rings (SSSR count). The van der Waals surface area contributed by atoms with Crippen molar-refractivity contribution < 1.29 is 4.39 Å². The zero-order valence-electron chi connectivity index (χ0n) is 10.5. The number of benzene rings is 1. The van der Waals surface area contributed by atoms with Crippen LogP contribution in [0.3, 0.4) is 0 Å². The molecular formula is C15H19ClFN. The fourth-order valence-electron chi connectivity index (χ4n) is 3.61. The molecule has 1 N–H and O–H groups in total. The van der Waals surface area contributed by atoms with Gasteiger partial charge in [0, 0.05) is 18.5 Å². The Morgan fingerprint density at radius 3 is 2.61 bits per heavy atom. The standard InChI is InChI=1S/C15H19ClFN/c16-14-11(4-3-7-13(14)17)8-15(9-18-10-15)12-5-1-2-6-12/h3-4,7,12,18H,1-2,5-6,8-10H2. The van der Waals surface area contributed by atoms with Crippen LogP contribution in [0.4, 0.5) is 4.39 Å². The number of nitrogens with one attached hydrogen (secondary N) is 1. The van der Waals surface area contributed by atoms with Gasteiger partial charge in [-0.2, -0.15) is 0 Å². The lowest BCUT2D eigenvalue weighted by molar-refractivity contribution is 0.0811. The van der Waals surface area contributed by atoms with Crippen LogP contribution in [0.1, 0.15) is 31.2 Å². The average molecular weight is 268 g/mol. The first-order chi connectivity index (χ1) is 8.71. The van der Waals surface area contributed by atoms with Gasteiger partial charge < -0.3 is 5.32 Å². The smallest absolute Gasteiger partial charge is 0.142 e. The summed E-state index contributed by atoms with van der Waals surface area (Å²) in [6.07, 6.45) is 6.27. The summed E-state index contributed by atoms with van der Waals surface area (Å²) in [4.78, 5) is 0. The summed E-state index contributed by atoms with van der Waals surface area (Å²) >= 11 is 6.09. The van der Waals surface area contributed by atoms with E-state index in [0.29, 0.717) is 10.4 Å². The second-order valence-electron chi connectivity index (χ2n) is 5.84. The first kappa shape index (κ1) is 12.4. The molecule has 3 heteroatoms. The van der Waals surface area contributed by atoms with E-state index in [1.807, 2.05) is 6.07 Å². The summed E-state index contributed by atoms with van der Waals surface area (Å²) in [5.41, 5.74) is 1.30. The second-order valence-corrected chi connectivity index (χ2v) is 6.21. The molecule has 1 aliphatic heterocycles. The Kier molecular flexibility index (Phi) is 3.33. The van der Waals surface area contributed by atoms with Crippen molar-refractivity contribution in [2.75, 3.05) is 13.1 Å². The normalized spacial score (nSPS) is 23.0. The SMILES string of the molecule is Fc1cccc(CC2(C3CCCC3)CNC2)c1Cl. The molecule has 0 unspecified atom stereocenters. The molecule has 1 saturated heterocycles. The van der Waals surface area contributed by atoms with Crippen LogP contribution in [0.25, 0.3) is 0 Å². The van der Waals surface area contributed by atoms with Gasteiger partial charge in [-0.15, -0.1) is 0 Å². The summed E-state index contributed by atoms with van der Waals surface area (Å²) in [6.45, 7) is 2.12. The van der Waals surface area contributed by atoms with E-state index in [0.717, 1.165) is 31.0 Å². The number of halogens is 2. The zero-order chi connectivity index (χ0) is 12.6. The molecule has 0 spiro atoms. The molecule has 0 aromatic heterocycles. The predicted molar refractivity (Wildman–Crippen MR) is 72.4 cm³/mol. The fourth-order valence-corrected chi connectivity index (χ4v) is 3.80. The molecule has 1 nitrogen and oxygen atoms in total. The van der Waals surface area contributed by atoms with E-state index in [-0.39, 0.29) is 5.82 Å². The van der Waals surface area contributed by atoms with Crippen molar-refractivity contribution >= 4 is 11.6 Å². The first-order valence-corrected chi connectivity index (χ1v) is 7.23. The van der Waals surface area contributed by atoms with Gasteiger partial charge >= 0.3 is 0 Å². The Hall–Kier alpha value is -0.600. The fraction of sp³-hybridized carbons (Fsp3) is 0.600. The molecule has 18 heavy (non-hydrogen) atoms. The minimum Gasteiger partial charge on any atom is -0.315 e. The van der Waals surface area contributed by atoms with Crippen LogP contribution < -0.4 is 5.32 Å². The average Bonchev–Trinajstić information content (AvgIpc) is 2.83. The highest BCUT2D eigenvalue weighted by Gasteiger charge is 2.45. The minimum absolute atomic E-state index is 0.289. The van der Waals surface area contributed by atoms with Crippen molar-refractivity contribution in [2.45, 2.75) is 32.1 Å². The molecule has 98 valence electrons. The zero-order valence-corrected chi connectivity index (χ0v) is 11.3. The van der Waals surface area contributed by atoms with Gasteiger partial charge in [-0.25, -0.2) is 4.39 Å². The van der Waals surface area contributed by atoms with Crippen molar-refractivity contribution in [3.63, 3.8) is 0 Å². The maximum Gasteiger partial charge on any atom is 0.142 e. The third-order valence-corrected chi connectivity index (χ3v) is 5.17. The maximum atomic E-state index is 13.5. The molecule has 0 amide bonds. The highest BCUT2D eigenvalue weighted by molar-refractivity contribution is 6.31. The summed E-state index contributed by atoms with van der Waals surface area (Å²) in [7, 11) is 0. The molecule has 1 aliphatic carbocycles. The first-order valence-electron chi connectivity index (χ1n) is 6.85. The Bertz CT molecular complexity index is 436. The topological polar surface area (TPSA) is 12.0 Å². The molecule has 0 bridgehead atoms. The lowest BCUT2D eigenvalue weighted by atomic mass is 9.66. The molecule has 1 heterocycles. The van der Waals surface area contributed by atoms with E-state index in [1.165, 1.54) is 31.7 Å². The highest BCUT2D eigenvalue weighted by atomic mass is 35.5. The van der Waals surface area contributed by atoms with E-state index in [9.17, 15) is 4.39 Å². The Balaban J connectivity index is 1.83. The maximum absolute atomic E-state index is 13.5. The van der Waals surface area contributed by atoms with Gasteiger partial charge in [-0.3, -0.25) is 0 Å². The van der Waals surface area contributed by atoms with E-state index in [2.05, 4.69) is 5.32 Å². The van der Waals surface area contributed by atoms with Crippen LogP contribution >= 0.6 is 11.6 Å². The van der Waals surface area contributed by atoms with E-state index in [4.69, 9.17) is 11.6 Å². The Labute approximate surface area is 113 Å². The van der Waals surface area contributed by atoms with Crippen molar-refractivity contribution in [1.82, 2.24) is 5.32 Å². The number of hydrogen-bond acceptors (Lipinski definition) is 1. The van der Waals surface area contributed by atoms with E-state index in [1.54, 1.807) is 6.07 Å². The van der Waals surface area contributed by atoms with Crippen molar-refractivity contribution in [1.29, 1.82) is 0 Å². The van der Waals surface area contributed by atoms with Crippen LogP contribution in [0, 0.1) is 17.2 Å². The van der Waals surface area contributed by atoms with Gasteiger partial charge in [0.25, 0.3) is 0 Å². The monoisotopic (exact) mass is 267 g/mol. The number of hydrogen-bond donors (Lipinski definition) is 1. The third kappa shape index (κ3) is 2.06. The van der Waals surface area contributed by atoms with Gasteiger partial charge in [0.1, 0.15) is 5.82 Å². The van der Waals surface area contributed by atoms with Crippen LogP contribution in [0.2, 0.25) is 5.02 Å². The van der Waals surface area contributed by atoms with Crippen LogP contribution in [-0.2, 0) is 6.42 Å². The minimum atomic E-state index is -0.289. The molecule has 1 aromatic rings. The van der Waals surface area contributed by atoms with E-state index >= 15 is 0 Å². The van der Waals surface area contributed by atoms with Crippen molar-refractivity contribution in [3.8, 4) is 0 Å². The summed E-state index contributed by atoms with van der Waals surface area (Å²) in [5, 5.41) is 3.72. The number of rotatable bonds is 3. The molecule has 1 saturated carbocycles. The van der Waals surface area contributed by atoms with Gasteiger partial charge in [0.05, 0.1) is 5.02 Å². The molecule has 0 radical (unpaired) electrons. The molecule has 2 fully saturated rings. The van der Waals surface area contributed by atoms with Gasteiger partial charge in [-0.05, 0) is 36.8 Å². The quantitative estimate of drug-likeness (QED) is 0.878. The lowest BCUT2D eigenvalue weighted by Crippen LogP contribution is -2.58. The van der Waals surface area contributed by atoms with Crippen LogP contribution in [0.15, 0.2) is 18.2 Å². The highest BCUT2D eigenvalue weighted by Crippen LogP contribution is 2.45. The Morgan fingerprint density at radius 1 is 1.28 bits per heavy atom. The predicted octanol–water partition coefficient (Wildman–Crippen LogP) is 3.80. The van der Waals surface area contributed by atoms with Gasteiger partial charge in [0.2, 0.25) is 0 Å². The Morgan fingerprint density at radius 2 is 2.00 bits per heavy atom. The summed E-state index contributed by atoms with van der Waals surface area (Å²) < 4.78 is 13.5. The summed E-state index contributed by atoms with van der Waals surface area (Å²) in [5.74, 6) is 0.501. The van der Waals surface area contributed by atoms with Crippen molar-refractivity contribution in [2.24, 2.45) is 11.3 Å². The van der Waals surface area contributed by atoms with Crippen LogP contribution in [-0.4, -0.2) is 13.1 Å². The van der Waals surface area contributed by atoms with E-state index < -0.39 is 0 Å². The summed E-state index contributed by atoms with van der Waals surface area (Å²) in [6, 6.07) is 5.18. The molecular weight excluding hydrogens is 249 g/mol. The van der Waals surface area contributed by atoms with Crippen molar-refractivity contribution in [3.05, 3.63) is 34.6 Å². The van der Waals surface area contributed by atoms with Crippen LogP contribution in [0.5, 0.6) is 0 Å². The lowest BCUT2D eigenvalue weighted by Gasteiger charge is -2.48. The van der Waals surface area contributed by atoms with Gasteiger partial charge in [-0.1, -0.05) is 36.6 Å².